The second-order valence-corrected chi connectivity index (χ2v) is 2.60. The minimum Gasteiger partial charge on any atom is -0.384 e. The van der Waals surface area contributed by atoms with Gasteiger partial charge in [0.2, 0.25) is 0 Å². The number of rotatable bonds is 5. The monoisotopic (exact) mass is 156 g/mol. The number of nitrogens with one attached hydrogen (secondary N) is 1. The third-order valence-corrected chi connectivity index (χ3v) is 1.56. The summed E-state index contributed by atoms with van der Waals surface area (Å²) >= 11 is 0. The van der Waals surface area contributed by atoms with Crippen LogP contribution >= 0.6 is 0 Å². The summed E-state index contributed by atoms with van der Waals surface area (Å²) in [4.78, 5) is 0. The topological polar surface area (TPSA) is 45.0 Å². The second-order valence-electron chi connectivity index (χ2n) is 2.60. The van der Waals surface area contributed by atoms with E-state index in [1.165, 1.54) is 0 Å². The molecule has 0 saturated heterocycles. The molecule has 0 rings (SSSR count). The number of hydrogen-bond donors (Lipinski definition) is 1. The fraction of sp³-hybridized carbons (Fsp3) is 0.875. The fourth-order valence-corrected chi connectivity index (χ4v) is 0.953. The predicted octanol–water partition coefficient (Wildman–Crippen LogP) is 0.771. The molecular formula is C8H16N2O. The van der Waals surface area contributed by atoms with E-state index >= 15 is 0 Å². The van der Waals surface area contributed by atoms with Gasteiger partial charge in [0.15, 0.2) is 0 Å². The Bertz CT molecular complexity index is 131. The lowest BCUT2D eigenvalue weighted by Crippen LogP contribution is -2.35. The maximum atomic E-state index is 8.69. The van der Waals surface area contributed by atoms with Gasteiger partial charge in [0.1, 0.15) is 6.04 Å². The van der Waals surface area contributed by atoms with Gasteiger partial charge in [-0.15, -0.1) is 0 Å². The third kappa shape index (κ3) is 3.97. The van der Waals surface area contributed by atoms with Gasteiger partial charge < -0.3 is 10.1 Å². The summed E-state index contributed by atoms with van der Waals surface area (Å²) in [5.74, 6) is 0.255. The molecule has 0 amide bonds. The molecule has 0 heterocycles. The number of ether oxygens (including phenoxy) is 1. The van der Waals surface area contributed by atoms with Crippen LogP contribution in [-0.4, -0.2) is 26.3 Å². The SMILES string of the molecule is CCNC(C#N)C(C)COC. The van der Waals surface area contributed by atoms with E-state index in [9.17, 15) is 0 Å². The van der Waals surface area contributed by atoms with Crippen LogP contribution in [0.3, 0.4) is 0 Å². The predicted molar refractivity (Wildman–Crippen MR) is 44.1 cm³/mol. The van der Waals surface area contributed by atoms with E-state index in [1.807, 2.05) is 13.8 Å². The van der Waals surface area contributed by atoms with Crippen molar-refractivity contribution in [1.82, 2.24) is 5.32 Å². The van der Waals surface area contributed by atoms with Crippen LogP contribution in [0.4, 0.5) is 0 Å². The molecule has 0 radical (unpaired) electrons. The number of hydrogen-bond acceptors (Lipinski definition) is 3. The average molecular weight is 156 g/mol. The molecule has 2 atom stereocenters. The van der Waals surface area contributed by atoms with Crippen molar-refractivity contribution in [2.24, 2.45) is 5.92 Å². The van der Waals surface area contributed by atoms with Crippen molar-refractivity contribution in [2.75, 3.05) is 20.3 Å². The van der Waals surface area contributed by atoms with E-state index in [4.69, 9.17) is 10.00 Å². The first-order valence-electron chi connectivity index (χ1n) is 3.88. The Hall–Kier alpha value is -0.590. The quantitative estimate of drug-likeness (QED) is 0.639. The Kier molecular flexibility index (Phi) is 5.81. The molecule has 3 nitrogen and oxygen atoms in total. The number of methoxy groups -OCH3 is 1. The lowest BCUT2D eigenvalue weighted by Gasteiger charge is -2.16. The zero-order chi connectivity index (χ0) is 8.69. The second kappa shape index (κ2) is 6.14. The highest BCUT2D eigenvalue weighted by molar-refractivity contribution is 4.92. The third-order valence-electron chi connectivity index (χ3n) is 1.56. The summed E-state index contributed by atoms with van der Waals surface area (Å²) < 4.78 is 4.94. The molecule has 0 aromatic heterocycles. The van der Waals surface area contributed by atoms with Crippen molar-refractivity contribution in [3.05, 3.63) is 0 Å². The van der Waals surface area contributed by atoms with Crippen LogP contribution < -0.4 is 5.32 Å². The summed E-state index contributed by atoms with van der Waals surface area (Å²) in [5.41, 5.74) is 0. The van der Waals surface area contributed by atoms with E-state index in [0.29, 0.717) is 6.61 Å². The van der Waals surface area contributed by atoms with E-state index in [1.54, 1.807) is 7.11 Å². The van der Waals surface area contributed by atoms with Crippen LogP contribution in [0.15, 0.2) is 0 Å². The van der Waals surface area contributed by atoms with Gasteiger partial charge in [-0.3, -0.25) is 0 Å². The molecular weight excluding hydrogens is 140 g/mol. The summed E-state index contributed by atoms with van der Waals surface area (Å²) in [5, 5.41) is 11.8. The molecule has 0 aromatic rings. The molecule has 0 aliphatic carbocycles. The van der Waals surface area contributed by atoms with Crippen molar-refractivity contribution in [2.45, 2.75) is 19.9 Å². The smallest absolute Gasteiger partial charge is 0.100 e. The number of nitriles is 1. The van der Waals surface area contributed by atoms with Gasteiger partial charge >= 0.3 is 0 Å². The molecule has 0 saturated carbocycles. The lowest BCUT2D eigenvalue weighted by molar-refractivity contribution is 0.149. The van der Waals surface area contributed by atoms with Crippen LogP contribution in [0, 0.1) is 17.2 Å². The molecule has 0 aliphatic rings. The van der Waals surface area contributed by atoms with E-state index in [0.717, 1.165) is 6.54 Å². The largest absolute Gasteiger partial charge is 0.384 e. The molecule has 3 heteroatoms. The zero-order valence-corrected chi connectivity index (χ0v) is 7.42. The minimum absolute atomic E-state index is 0.0834. The molecule has 0 aromatic carbocycles. The summed E-state index contributed by atoms with van der Waals surface area (Å²) in [7, 11) is 1.65. The Balaban J connectivity index is 3.73. The molecule has 0 bridgehead atoms. The van der Waals surface area contributed by atoms with Gasteiger partial charge in [-0.2, -0.15) is 5.26 Å². The Morgan fingerprint density at radius 1 is 1.64 bits per heavy atom. The van der Waals surface area contributed by atoms with Crippen LogP contribution in [0.25, 0.3) is 0 Å². The van der Waals surface area contributed by atoms with Crippen LogP contribution in [-0.2, 0) is 4.74 Å². The Labute approximate surface area is 68.3 Å². The molecule has 0 spiro atoms. The number of nitrogens with zero attached hydrogens (tertiary/aromatic N) is 1. The van der Waals surface area contributed by atoms with E-state index in [-0.39, 0.29) is 12.0 Å². The molecule has 2 unspecified atom stereocenters. The van der Waals surface area contributed by atoms with Crippen LogP contribution in [0.2, 0.25) is 0 Å². The highest BCUT2D eigenvalue weighted by atomic mass is 16.5. The fourth-order valence-electron chi connectivity index (χ4n) is 0.953. The summed E-state index contributed by atoms with van der Waals surface area (Å²) in [6.45, 7) is 5.45. The van der Waals surface area contributed by atoms with Gasteiger partial charge in [-0.05, 0) is 6.54 Å². The Morgan fingerprint density at radius 2 is 2.27 bits per heavy atom. The van der Waals surface area contributed by atoms with Crippen molar-refractivity contribution in [3.63, 3.8) is 0 Å². The van der Waals surface area contributed by atoms with Crippen molar-refractivity contribution < 1.29 is 4.74 Å². The van der Waals surface area contributed by atoms with Gasteiger partial charge in [0.05, 0.1) is 12.7 Å². The van der Waals surface area contributed by atoms with Gasteiger partial charge in [-0.25, -0.2) is 0 Å². The first kappa shape index (κ1) is 10.4. The van der Waals surface area contributed by atoms with Crippen LogP contribution in [0.5, 0.6) is 0 Å². The molecule has 64 valence electrons. The van der Waals surface area contributed by atoms with Gasteiger partial charge in [0.25, 0.3) is 0 Å². The highest BCUT2D eigenvalue weighted by Crippen LogP contribution is 2.01. The van der Waals surface area contributed by atoms with Gasteiger partial charge in [-0.1, -0.05) is 13.8 Å². The first-order chi connectivity index (χ1) is 5.26. The molecule has 1 N–H and O–H groups in total. The Morgan fingerprint density at radius 3 is 2.64 bits per heavy atom. The normalized spacial score (nSPS) is 15.5. The molecule has 0 aliphatic heterocycles. The molecule has 11 heavy (non-hydrogen) atoms. The van der Waals surface area contributed by atoms with Crippen LogP contribution in [0.1, 0.15) is 13.8 Å². The first-order valence-corrected chi connectivity index (χ1v) is 3.88. The standard InChI is InChI=1S/C8H16N2O/c1-4-10-8(5-9)7(2)6-11-3/h7-8,10H,4,6H2,1-3H3. The summed E-state index contributed by atoms with van der Waals surface area (Å²) in [6, 6.07) is 2.11. The molecule has 0 fully saturated rings. The average Bonchev–Trinajstić information content (AvgIpc) is 2.00. The van der Waals surface area contributed by atoms with Crippen molar-refractivity contribution in [3.8, 4) is 6.07 Å². The van der Waals surface area contributed by atoms with Gasteiger partial charge in [0, 0.05) is 13.0 Å². The van der Waals surface area contributed by atoms with E-state index < -0.39 is 0 Å². The minimum atomic E-state index is -0.0834. The van der Waals surface area contributed by atoms with Crippen molar-refractivity contribution >= 4 is 0 Å². The van der Waals surface area contributed by atoms with E-state index in [2.05, 4.69) is 11.4 Å². The van der Waals surface area contributed by atoms with Crippen molar-refractivity contribution in [1.29, 1.82) is 5.26 Å². The lowest BCUT2D eigenvalue weighted by atomic mass is 10.1. The zero-order valence-electron chi connectivity index (χ0n) is 7.42. The maximum Gasteiger partial charge on any atom is 0.100 e. The maximum absolute atomic E-state index is 8.69. The highest BCUT2D eigenvalue weighted by Gasteiger charge is 2.14. The summed E-state index contributed by atoms with van der Waals surface area (Å²) in [6.07, 6.45) is 0.